The Kier molecular flexibility index (Phi) is 4.53. The zero-order valence-electron chi connectivity index (χ0n) is 9.73. The lowest BCUT2D eigenvalue weighted by molar-refractivity contribution is 0.0775. The van der Waals surface area contributed by atoms with Gasteiger partial charge in [0.05, 0.1) is 12.1 Å². The second-order valence-electron chi connectivity index (χ2n) is 3.57. The molecule has 16 heavy (non-hydrogen) atoms. The lowest BCUT2D eigenvalue weighted by Gasteiger charge is -2.19. The largest absolute Gasteiger partial charge is 0.327 e. The maximum atomic E-state index is 12.1. The Labute approximate surface area is 96.5 Å². The van der Waals surface area contributed by atoms with Crippen molar-refractivity contribution in [1.82, 2.24) is 9.88 Å². The summed E-state index contributed by atoms with van der Waals surface area (Å²) in [7, 11) is 0. The molecule has 0 aliphatic rings. The predicted octanol–water partition coefficient (Wildman–Crippen LogP) is 1.88. The van der Waals surface area contributed by atoms with E-state index in [0.29, 0.717) is 18.7 Å². The molecule has 0 aromatic carbocycles. The molecule has 3 nitrogen and oxygen atoms in total. The van der Waals surface area contributed by atoms with Gasteiger partial charge < -0.3 is 4.90 Å². The predicted molar refractivity (Wildman–Crippen MR) is 64.0 cm³/mol. The topological polar surface area (TPSA) is 33.2 Å². The van der Waals surface area contributed by atoms with Crippen molar-refractivity contribution in [2.24, 2.45) is 0 Å². The summed E-state index contributed by atoms with van der Waals surface area (Å²) in [6.45, 7) is 4.87. The van der Waals surface area contributed by atoms with Crippen molar-refractivity contribution < 1.29 is 4.79 Å². The van der Waals surface area contributed by atoms with Crippen LogP contribution in [0.2, 0.25) is 0 Å². The van der Waals surface area contributed by atoms with Gasteiger partial charge in [-0.05, 0) is 25.5 Å². The molecule has 84 valence electrons. The number of carbonyl (C=O) groups excluding carboxylic acids is 1. The molecule has 0 fully saturated rings. The molecule has 1 aromatic rings. The molecule has 0 saturated carbocycles. The molecule has 0 saturated heterocycles. The molecular weight excluding hydrogens is 200 g/mol. The average Bonchev–Trinajstić information content (AvgIpc) is 2.28. The summed E-state index contributed by atoms with van der Waals surface area (Å²) in [6, 6.07) is 3.55. The summed E-state index contributed by atoms with van der Waals surface area (Å²) >= 11 is 0. The number of aromatic nitrogens is 1. The van der Waals surface area contributed by atoms with Gasteiger partial charge in [0, 0.05) is 18.4 Å². The Morgan fingerprint density at radius 1 is 1.62 bits per heavy atom. The van der Waals surface area contributed by atoms with E-state index in [0.717, 1.165) is 12.1 Å². The van der Waals surface area contributed by atoms with Gasteiger partial charge in [-0.1, -0.05) is 12.8 Å². The molecule has 0 N–H and O–H groups in total. The summed E-state index contributed by atoms with van der Waals surface area (Å²) in [4.78, 5) is 17.9. The van der Waals surface area contributed by atoms with Gasteiger partial charge in [0.25, 0.3) is 5.91 Å². The van der Waals surface area contributed by atoms with Gasteiger partial charge in [-0.2, -0.15) is 0 Å². The van der Waals surface area contributed by atoms with Crippen molar-refractivity contribution in [3.05, 3.63) is 29.6 Å². The Bertz CT molecular complexity index is 407. The van der Waals surface area contributed by atoms with E-state index in [9.17, 15) is 4.79 Å². The van der Waals surface area contributed by atoms with Crippen LogP contribution >= 0.6 is 0 Å². The summed E-state index contributed by atoms with van der Waals surface area (Å²) < 4.78 is 0. The molecule has 0 radical (unpaired) electrons. The van der Waals surface area contributed by atoms with Crippen molar-refractivity contribution in [2.75, 3.05) is 13.1 Å². The Balaban J connectivity index is 2.91. The molecule has 0 atom stereocenters. The third-order valence-electron chi connectivity index (χ3n) is 2.30. The Morgan fingerprint density at radius 3 is 2.94 bits per heavy atom. The number of hydrogen-bond donors (Lipinski definition) is 0. The lowest BCUT2D eigenvalue weighted by Crippen LogP contribution is -2.32. The minimum absolute atomic E-state index is 0.0367. The molecule has 1 heterocycles. The SMILES string of the molecule is C#CCN(CCC)C(=O)c1cccnc1C. The first-order valence-electron chi connectivity index (χ1n) is 5.35. The van der Waals surface area contributed by atoms with Crippen LogP contribution in [0.5, 0.6) is 0 Å². The number of rotatable bonds is 4. The van der Waals surface area contributed by atoms with Crippen molar-refractivity contribution in [3.8, 4) is 12.3 Å². The average molecular weight is 216 g/mol. The lowest BCUT2D eigenvalue weighted by atomic mass is 10.1. The third kappa shape index (κ3) is 2.83. The highest BCUT2D eigenvalue weighted by atomic mass is 16.2. The molecule has 1 aromatic heterocycles. The van der Waals surface area contributed by atoms with Crippen LogP contribution in [0.1, 0.15) is 29.4 Å². The van der Waals surface area contributed by atoms with E-state index in [-0.39, 0.29) is 5.91 Å². The molecular formula is C13H16N2O. The van der Waals surface area contributed by atoms with Crippen molar-refractivity contribution >= 4 is 5.91 Å². The summed E-state index contributed by atoms with van der Waals surface area (Å²) in [5, 5.41) is 0. The Morgan fingerprint density at radius 2 is 2.38 bits per heavy atom. The second kappa shape index (κ2) is 5.92. The van der Waals surface area contributed by atoms with Crippen LogP contribution in [0.4, 0.5) is 0 Å². The highest BCUT2D eigenvalue weighted by molar-refractivity contribution is 5.95. The number of aryl methyl sites for hydroxylation is 1. The first kappa shape index (κ1) is 12.3. The van der Waals surface area contributed by atoms with Crippen LogP contribution < -0.4 is 0 Å². The highest BCUT2D eigenvalue weighted by Crippen LogP contribution is 2.08. The van der Waals surface area contributed by atoms with Crippen molar-refractivity contribution in [1.29, 1.82) is 0 Å². The van der Waals surface area contributed by atoms with E-state index in [4.69, 9.17) is 6.42 Å². The summed E-state index contributed by atoms with van der Waals surface area (Å²) in [5.41, 5.74) is 1.37. The van der Waals surface area contributed by atoms with Crippen molar-refractivity contribution in [3.63, 3.8) is 0 Å². The number of amides is 1. The number of nitrogens with zero attached hydrogens (tertiary/aromatic N) is 2. The molecule has 3 heteroatoms. The van der Waals surface area contributed by atoms with Gasteiger partial charge in [-0.15, -0.1) is 6.42 Å². The van der Waals surface area contributed by atoms with E-state index in [1.165, 1.54) is 0 Å². The fourth-order valence-corrected chi connectivity index (χ4v) is 1.51. The molecule has 0 aliphatic heterocycles. The first-order chi connectivity index (χ1) is 7.70. The first-order valence-corrected chi connectivity index (χ1v) is 5.35. The molecule has 0 bridgehead atoms. The summed E-state index contributed by atoms with van der Waals surface area (Å²) in [6.07, 6.45) is 7.83. The number of pyridine rings is 1. The van der Waals surface area contributed by atoms with Crippen molar-refractivity contribution in [2.45, 2.75) is 20.3 Å². The van der Waals surface area contributed by atoms with Crippen LogP contribution in [0.15, 0.2) is 18.3 Å². The van der Waals surface area contributed by atoms with E-state index in [2.05, 4.69) is 10.9 Å². The normalized spacial score (nSPS) is 9.56. The van der Waals surface area contributed by atoms with Gasteiger partial charge in [0.2, 0.25) is 0 Å². The standard InChI is InChI=1S/C13H16N2O/c1-4-9-15(10-5-2)13(16)12-7-6-8-14-11(12)3/h1,6-8H,5,9-10H2,2-3H3. The Hall–Kier alpha value is -1.82. The number of terminal acetylenes is 1. The quantitative estimate of drug-likeness (QED) is 0.720. The summed E-state index contributed by atoms with van der Waals surface area (Å²) in [5.74, 6) is 2.47. The monoisotopic (exact) mass is 216 g/mol. The maximum absolute atomic E-state index is 12.1. The van der Waals surface area contributed by atoms with Gasteiger partial charge in [-0.25, -0.2) is 0 Å². The minimum atomic E-state index is -0.0367. The van der Waals surface area contributed by atoms with E-state index in [1.54, 1.807) is 23.2 Å². The zero-order chi connectivity index (χ0) is 12.0. The zero-order valence-corrected chi connectivity index (χ0v) is 9.73. The van der Waals surface area contributed by atoms with Gasteiger partial charge >= 0.3 is 0 Å². The maximum Gasteiger partial charge on any atom is 0.256 e. The van der Waals surface area contributed by atoms with E-state index < -0.39 is 0 Å². The van der Waals surface area contributed by atoms with Crippen LogP contribution in [0.25, 0.3) is 0 Å². The molecule has 0 unspecified atom stereocenters. The highest BCUT2D eigenvalue weighted by Gasteiger charge is 2.15. The molecule has 1 amide bonds. The minimum Gasteiger partial charge on any atom is -0.327 e. The fourth-order valence-electron chi connectivity index (χ4n) is 1.51. The number of hydrogen-bond acceptors (Lipinski definition) is 2. The second-order valence-corrected chi connectivity index (χ2v) is 3.57. The van der Waals surface area contributed by atoms with Gasteiger partial charge in [-0.3, -0.25) is 9.78 Å². The van der Waals surface area contributed by atoms with E-state index >= 15 is 0 Å². The van der Waals surface area contributed by atoms with Crippen LogP contribution in [-0.4, -0.2) is 28.9 Å². The molecule has 0 spiro atoms. The van der Waals surface area contributed by atoms with Crippen LogP contribution in [0, 0.1) is 19.3 Å². The fraction of sp³-hybridized carbons (Fsp3) is 0.385. The third-order valence-corrected chi connectivity index (χ3v) is 2.30. The smallest absolute Gasteiger partial charge is 0.256 e. The molecule has 0 aliphatic carbocycles. The molecule has 1 rings (SSSR count). The van der Waals surface area contributed by atoms with Crippen LogP contribution in [0.3, 0.4) is 0 Å². The van der Waals surface area contributed by atoms with Crippen LogP contribution in [-0.2, 0) is 0 Å². The van der Waals surface area contributed by atoms with Gasteiger partial charge in [0.15, 0.2) is 0 Å². The van der Waals surface area contributed by atoms with E-state index in [1.807, 2.05) is 13.8 Å². The number of carbonyl (C=O) groups is 1. The van der Waals surface area contributed by atoms with Gasteiger partial charge in [0.1, 0.15) is 0 Å².